The molecule has 2 aromatic rings. The molecule has 0 aliphatic heterocycles. The minimum atomic E-state index is 0.656. The Bertz CT molecular complexity index is 537. The number of rotatable bonds is 7. The molecule has 1 heterocycles. The molecular formula is C15H20BrN3O. The average Bonchev–Trinajstić information content (AvgIpc) is 2.81. The minimum absolute atomic E-state index is 0.656. The average molecular weight is 338 g/mol. The van der Waals surface area contributed by atoms with E-state index in [0.29, 0.717) is 6.61 Å². The van der Waals surface area contributed by atoms with Crippen molar-refractivity contribution in [1.82, 2.24) is 15.1 Å². The van der Waals surface area contributed by atoms with Gasteiger partial charge in [-0.1, -0.05) is 22.9 Å². The first-order valence-electron chi connectivity index (χ1n) is 6.79. The molecule has 1 N–H and O–H groups in total. The normalized spacial score (nSPS) is 10.8. The van der Waals surface area contributed by atoms with Gasteiger partial charge in [-0.05, 0) is 30.7 Å². The van der Waals surface area contributed by atoms with Gasteiger partial charge in [0.05, 0.1) is 5.69 Å². The minimum Gasteiger partial charge on any atom is -0.492 e. The zero-order chi connectivity index (χ0) is 14.4. The highest BCUT2D eigenvalue weighted by molar-refractivity contribution is 9.10. The Hall–Kier alpha value is -1.33. The van der Waals surface area contributed by atoms with Crippen molar-refractivity contribution >= 4 is 15.9 Å². The second-order valence-corrected chi connectivity index (χ2v) is 5.52. The molecule has 20 heavy (non-hydrogen) atoms. The van der Waals surface area contributed by atoms with Crippen LogP contribution >= 0.6 is 15.9 Å². The smallest absolute Gasteiger partial charge is 0.119 e. The van der Waals surface area contributed by atoms with Crippen molar-refractivity contribution in [3.05, 3.63) is 46.2 Å². The molecule has 1 aromatic heterocycles. The third kappa shape index (κ3) is 4.35. The van der Waals surface area contributed by atoms with E-state index in [1.165, 1.54) is 5.56 Å². The highest BCUT2D eigenvalue weighted by atomic mass is 79.9. The molecule has 0 saturated carbocycles. The van der Waals surface area contributed by atoms with Crippen LogP contribution in [0.4, 0.5) is 0 Å². The van der Waals surface area contributed by atoms with Crippen LogP contribution < -0.4 is 10.1 Å². The van der Waals surface area contributed by atoms with Crippen LogP contribution in [-0.4, -0.2) is 22.9 Å². The van der Waals surface area contributed by atoms with Gasteiger partial charge in [-0.15, -0.1) is 0 Å². The maximum atomic E-state index is 5.66. The summed E-state index contributed by atoms with van der Waals surface area (Å²) in [5.74, 6) is 0.894. The van der Waals surface area contributed by atoms with E-state index < -0.39 is 0 Å². The first-order chi connectivity index (χ1) is 9.69. The van der Waals surface area contributed by atoms with E-state index in [-0.39, 0.29) is 0 Å². The molecule has 0 saturated heterocycles. The van der Waals surface area contributed by atoms with E-state index in [1.807, 2.05) is 36.0 Å². The first-order valence-corrected chi connectivity index (χ1v) is 7.59. The fourth-order valence-electron chi connectivity index (χ4n) is 2.02. The third-order valence-corrected chi connectivity index (χ3v) is 3.53. The van der Waals surface area contributed by atoms with Crippen molar-refractivity contribution in [2.75, 3.05) is 13.2 Å². The lowest BCUT2D eigenvalue weighted by molar-refractivity contribution is 0.313. The summed E-state index contributed by atoms with van der Waals surface area (Å²) < 4.78 is 8.59. The second kappa shape index (κ2) is 7.45. The molecule has 0 atom stereocenters. The summed E-state index contributed by atoms with van der Waals surface area (Å²) in [6.45, 7) is 4.43. The van der Waals surface area contributed by atoms with Crippen LogP contribution in [0.25, 0.3) is 0 Å². The predicted molar refractivity (Wildman–Crippen MR) is 83.9 cm³/mol. The second-order valence-electron chi connectivity index (χ2n) is 4.61. The van der Waals surface area contributed by atoms with Crippen molar-refractivity contribution in [3.63, 3.8) is 0 Å². The molecule has 0 fully saturated rings. The SMILES string of the molecule is CCc1nn(C)cc1CNCCOc1ccc(Br)cc1. The van der Waals surface area contributed by atoms with Crippen molar-refractivity contribution < 1.29 is 4.74 Å². The number of aromatic nitrogens is 2. The third-order valence-electron chi connectivity index (χ3n) is 3.00. The summed E-state index contributed by atoms with van der Waals surface area (Å²) in [7, 11) is 1.96. The Morgan fingerprint density at radius 2 is 2.05 bits per heavy atom. The van der Waals surface area contributed by atoms with Gasteiger partial charge >= 0.3 is 0 Å². The predicted octanol–water partition coefficient (Wildman–Crippen LogP) is 2.91. The van der Waals surface area contributed by atoms with Gasteiger partial charge in [-0.25, -0.2) is 0 Å². The van der Waals surface area contributed by atoms with Crippen molar-refractivity contribution in [1.29, 1.82) is 0 Å². The highest BCUT2D eigenvalue weighted by Crippen LogP contribution is 2.15. The number of nitrogens with zero attached hydrogens (tertiary/aromatic N) is 2. The summed E-state index contributed by atoms with van der Waals surface area (Å²) in [4.78, 5) is 0. The Kier molecular flexibility index (Phi) is 5.61. The van der Waals surface area contributed by atoms with Gasteiger partial charge in [-0.3, -0.25) is 4.68 Å². The van der Waals surface area contributed by atoms with Gasteiger partial charge in [0.15, 0.2) is 0 Å². The molecular weight excluding hydrogens is 318 g/mol. The van der Waals surface area contributed by atoms with Crippen molar-refractivity contribution in [2.45, 2.75) is 19.9 Å². The van der Waals surface area contributed by atoms with Crippen molar-refractivity contribution in [2.24, 2.45) is 7.05 Å². The van der Waals surface area contributed by atoms with Crippen LogP contribution in [-0.2, 0) is 20.0 Å². The molecule has 0 aliphatic carbocycles. The Morgan fingerprint density at radius 3 is 2.75 bits per heavy atom. The van der Waals surface area contributed by atoms with E-state index in [1.54, 1.807) is 0 Å². The number of hydrogen-bond donors (Lipinski definition) is 1. The molecule has 0 amide bonds. The van der Waals surface area contributed by atoms with Crippen LogP contribution in [0.15, 0.2) is 34.9 Å². The van der Waals surface area contributed by atoms with Crippen molar-refractivity contribution in [3.8, 4) is 5.75 Å². The number of nitrogens with one attached hydrogen (secondary N) is 1. The molecule has 108 valence electrons. The Morgan fingerprint density at radius 1 is 1.30 bits per heavy atom. The molecule has 4 nitrogen and oxygen atoms in total. The monoisotopic (exact) mass is 337 g/mol. The van der Waals surface area contributed by atoms with Gasteiger partial charge in [0.25, 0.3) is 0 Å². The summed E-state index contributed by atoms with van der Waals surface area (Å²) in [6, 6.07) is 7.87. The molecule has 0 spiro atoms. The lowest BCUT2D eigenvalue weighted by Gasteiger charge is -2.07. The van der Waals surface area contributed by atoms with Crippen LogP contribution in [0.2, 0.25) is 0 Å². The molecule has 0 aliphatic rings. The topological polar surface area (TPSA) is 39.1 Å². The highest BCUT2D eigenvalue weighted by Gasteiger charge is 2.04. The quantitative estimate of drug-likeness (QED) is 0.789. The molecule has 1 aromatic carbocycles. The van der Waals surface area contributed by atoms with Crippen LogP contribution in [0.5, 0.6) is 5.75 Å². The van der Waals surface area contributed by atoms with Crippen LogP contribution in [0.3, 0.4) is 0 Å². The summed E-state index contributed by atoms with van der Waals surface area (Å²) in [6.07, 6.45) is 3.04. The van der Waals surface area contributed by atoms with Gasteiger partial charge in [-0.2, -0.15) is 5.10 Å². The lowest BCUT2D eigenvalue weighted by atomic mass is 10.2. The summed E-state index contributed by atoms with van der Waals surface area (Å²) >= 11 is 3.40. The fraction of sp³-hybridized carbons (Fsp3) is 0.400. The number of ether oxygens (including phenoxy) is 1. The largest absolute Gasteiger partial charge is 0.492 e. The van der Waals surface area contributed by atoms with E-state index in [4.69, 9.17) is 4.74 Å². The Labute approximate surface area is 128 Å². The number of hydrogen-bond acceptors (Lipinski definition) is 3. The zero-order valence-electron chi connectivity index (χ0n) is 11.9. The number of benzene rings is 1. The molecule has 0 bridgehead atoms. The lowest BCUT2D eigenvalue weighted by Crippen LogP contribution is -2.20. The van der Waals surface area contributed by atoms with Gasteiger partial charge in [0.1, 0.15) is 12.4 Å². The number of aryl methyl sites for hydroxylation is 2. The number of halogens is 1. The van der Waals surface area contributed by atoms with Gasteiger partial charge < -0.3 is 10.1 Å². The Balaban J connectivity index is 1.70. The fourth-order valence-corrected chi connectivity index (χ4v) is 2.29. The maximum absolute atomic E-state index is 5.66. The standard InChI is InChI=1S/C15H20BrN3O/c1-3-15-12(11-19(2)18-15)10-17-8-9-20-14-6-4-13(16)5-7-14/h4-7,11,17H,3,8-10H2,1-2H3. The molecule has 0 unspecified atom stereocenters. The van der Waals surface area contributed by atoms with Gasteiger partial charge in [0.2, 0.25) is 0 Å². The van der Waals surface area contributed by atoms with Crippen LogP contribution in [0, 0.1) is 0 Å². The summed E-state index contributed by atoms with van der Waals surface area (Å²) in [5.41, 5.74) is 2.42. The van der Waals surface area contributed by atoms with Crippen LogP contribution in [0.1, 0.15) is 18.2 Å². The van der Waals surface area contributed by atoms with E-state index in [9.17, 15) is 0 Å². The van der Waals surface area contributed by atoms with E-state index in [0.717, 1.165) is 35.4 Å². The summed E-state index contributed by atoms with van der Waals surface area (Å²) in [5, 5.41) is 7.81. The molecule has 2 rings (SSSR count). The molecule has 0 radical (unpaired) electrons. The molecule has 5 heteroatoms. The first kappa shape index (κ1) is 15.1. The zero-order valence-corrected chi connectivity index (χ0v) is 13.5. The van der Waals surface area contributed by atoms with E-state index >= 15 is 0 Å². The van der Waals surface area contributed by atoms with Gasteiger partial charge in [0, 0.05) is 36.4 Å². The maximum Gasteiger partial charge on any atom is 0.119 e. The van der Waals surface area contributed by atoms with E-state index in [2.05, 4.69) is 39.5 Å².